The van der Waals surface area contributed by atoms with E-state index >= 15 is 0 Å². The number of carbonyl (C=O) groups is 3. The molecule has 6 heteroatoms. The van der Waals surface area contributed by atoms with Crippen molar-refractivity contribution in [3.63, 3.8) is 0 Å². The fourth-order valence-electron chi connectivity index (χ4n) is 1.22. The van der Waals surface area contributed by atoms with Gasteiger partial charge in [-0.05, 0) is 12.8 Å². The predicted octanol–water partition coefficient (Wildman–Crippen LogP) is -0.0788. The molecule has 0 amide bonds. The summed E-state index contributed by atoms with van der Waals surface area (Å²) in [6.45, 7) is 1.93. The molecule has 1 saturated carbocycles. The number of ketones is 2. The van der Waals surface area contributed by atoms with E-state index in [-0.39, 0.29) is 80.7 Å². The Morgan fingerprint density at radius 3 is 2.60 bits per heavy atom. The Kier molecular flexibility index (Phi) is 9.87. The van der Waals surface area contributed by atoms with Crippen LogP contribution >= 0.6 is 0 Å². The van der Waals surface area contributed by atoms with Crippen LogP contribution in [0, 0.1) is 53.6 Å². The van der Waals surface area contributed by atoms with Crippen molar-refractivity contribution in [2.24, 2.45) is 5.92 Å². The van der Waals surface area contributed by atoms with Crippen LogP contribution < -0.4 is 0 Å². The van der Waals surface area contributed by atoms with E-state index in [1.165, 1.54) is 6.42 Å². The molecule has 0 bridgehead atoms. The van der Waals surface area contributed by atoms with Crippen LogP contribution in [0.15, 0.2) is 0 Å². The molecule has 78 valence electrons. The van der Waals surface area contributed by atoms with Gasteiger partial charge in [0.15, 0.2) is 0 Å². The van der Waals surface area contributed by atoms with Crippen LogP contribution in [0.2, 0.25) is 0 Å². The van der Waals surface area contributed by atoms with Crippen molar-refractivity contribution in [3.8, 4) is 0 Å². The Bertz CT molecular complexity index is 254. The molecule has 0 aliphatic heterocycles. The summed E-state index contributed by atoms with van der Waals surface area (Å²) < 4.78 is 4.68. The number of carbonyl (C=O) groups excluding carboxylic acids is 3. The number of rotatable bonds is 2. The molecule has 4 nitrogen and oxygen atoms in total. The molecule has 1 atom stereocenters. The third kappa shape index (κ3) is 5.21. The van der Waals surface area contributed by atoms with Crippen LogP contribution in [0.1, 0.15) is 19.8 Å². The van der Waals surface area contributed by atoms with E-state index in [1.807, 2.05) is 0 Å². The maximum atomic E-state index is 11.2. The van der Waals surface area contributed by atoms with Gasteiger partial charge in [0.25, 0.3) is 5.97 Å². The Morgan fingerprint density at radius 1 is 1.53 bits per heavy atom. The van der Waals surface area contributed by atoms with E-state index in [0.717, 1.165) is 0 Å². The molecule has 0 aromatic carbocycles. The predicted molar refractivity (Wildman–Crippen MR) is 49.4 cm³/mol. The zero-order chi connectivity index (χ0) is 9.84. The molecule has 1 rings (SSSR count). The molecule has 0 saturated heterocycles. The van der Waals surface area contributed by atoms with Crippen molar-refractivity contribution in [1.29, 1.82) is 0 Å². The molecule has 0 spiro atoms. The van der Waals surface area contributed by atoms with Crippen LogP contribution in [0.4, 0.5) is 0 Å². The van der Waals surface area contributed by atoms with Gasteiger partial charge in [0.2, 0.25) is 0 Å². The van der Waals surface area contributed by atoms with Gasteiger partial charge in [-0.2, -0.15) is 0 Å². The van der Waals surface area contributed by atoms with Gasteiger partial charge in [0.1, 0.15) is 11.6 Å². The molecule has 1 aliphatic rings. The SMILES string of the molecule is CCOC(=O)C1[CH-]CC(=O)CC1=O.[B].[Pr]. The minimum absolute atomic E-state index is 0. The summed E-state index contributed by atoms with van der Waals surface area (Å²) in [5, 5.41) is 0. The molecular weight excluding hydrogens is 324 g/mol. The third-order valence-corrected chi connectivity index (χ3v) is 1.84. The number of esters is 1. The summed E-state index contributed by atoms with van der Waals surface area (Å²) in [5.41, 5.74) is 0. The smallest absolute Gasteiger partial charge is 0.285 e. The summed E-state index contributed by atoms with van der Waals surface area (Å²) in [4.78, 5) is 33.1. The minimum atomic E-state index is -0.822. The second kappa shape index (κ2) is 8.40. The normalized spacial score (nSPS) is 19.9. The first kappa shape index (κ1) is 17.6. The van der Waals surface area contributed by atoms with Gasteiger partial charge in [-0.15, -0.1) is 6.42 Å². The van der Waals surface area contributed by atoms with Crippen LogP contribution in [-0.2, 0) is 19.1 Å². The summed E-state index contributed by atoms with van der Waals surface area (Å²) in [6, 6.07) is 0. The first-order valence-corrected chi connectivity index (χ1v) is 4.19. The van der Waals surface area contributed by atoms with Crippen LogP contribution in [-0.4, -0.2) is 32.6 Å². The molecular formula is C9H11BO4Pr-. The molecule has 0 heterocycles. The van der Waals surface area contributed by atoms with Gasteiger partial charge in [0.05, 0.1) is 13.0 Å². The van der Waals surface area contributed by atoms with Crippen LogP contribution in [0.3, 0.4) is 0 Å². The van der Waals surface area contributed by atoms with Crippen molar-refractivity contribution in [1.82, 2.24) is 0 Å². The van der Waals surface area contributed by atoms with Crippen molar-refractivity contribution in [2.45, 2.75) is 19.8 Å². The standard InChI is InChI=1S/C9H11O4.B.Pr/c1-2-13-9(12)7-4-3-6(10)5-8(7)11;;/h4,7H,2-3,5H2,1H3;;/q-1;;. The fraction of sp³-hybridized carbons (Fsp3) is 0.556. The average Bonchev–Trinajstić information content (AvgIpc) is 2.04. The second-order valence-electron chi connectivity index (χ2n) is 2.85. The number of hydrogen-bond donors (Lipinski definition) is 0. The van der Waals surface area contributed by atoms with Crippen molar-refractivity contribution in [3.05, 3.63) is 6.42 Å². The Labute approximate surface area is 124 Å². The molecule has 0 aromatic heterocycles. The second-order valence-corrected chi connectivity index (χ2v) is 2.85. The molecule has 1 aliphatic carbocycles. The molecule has 1 fully saturated rings. The number of ether oxygens (including phenoxy) is 1. The zero-order valence-electron chi connectivity index (χ0n) is 8.56. The van der Waals surface area contributed by atoms with Crippen molar-refractivity contribution >= 4 is 25.9 Å². The van der Waals surface area contributed by atoms with E-state index in [9.17, 15) is 14.4 Å². The third-order valence-electron chi connectivity index (χ3n) is 1.84. The van der Waals surface area contributed by atoms with E-state index in [2.05, 4.69) is 4.74 Å². The first-order valence-electron chi connectivity index (χ1n) is 4.19. The van der Waals surface area contributed by atoms with E-state index in [4.69, 9.17) is 0 Å². The Balaban J connectivity index is 0. The largest absolute Gasteiger partial charge is 0.467 e. The van der Waals surface area contributed by atoms with Crippen LogP contribution in [0.5, 0.6) is 0 Å². The van der Waals surface area contributed by atoms with Gasteiger partial charge in [-0.25, -0.2) is 0 Å². The molecule has 4 radical (unpaired) electrons. The summed E-state index contributed by atoms with van der Waals surface area (Å²) in [7, 11) is 0. The quantitative estimate of drug-likeness (QED) is 0.307. The van der Waals surface area contributed by atoms with Gasteiger partial charge in [-0.1, -0.05) is 0 Å². The molecule has 0 N–H and O–H groups in total. The molecule has 15 heavy (non-hydrogen) atoms. The van der Waals surface area contributed by atoms with E-state index in [1.54, 1.807) is 6.92 Å². The number of Topliss-reactive ketones (excluding diaryl/α,β-unsaturated/α-hetero) is 2. The van der Waals surface area contributed by atoms with Crippen molar-refractivity contribution in [2.75, 3.05) is 6.61 Å². The minimum Gasteiger partial charge on any atom is -0.467 e. The topological polar surface area (TPSA) is 60.4 Å². The monoisotopic (exact) mass is 335 g/mol. The Morgan fingerprint density at radius 2 is 2.13 bits per heavy atom. The average molecular weight is 335 g/mol. The van der Waals surface area contributed by atoms with Gasteiger partial charge in [0, 0.05) is 49.7 Å². The Hall–Kier alpha value is 0.239. The maximum absolute atomic E-state index is 11.2. The van der Waals surface area contributed by atoms with Gasteiger partial charge < -0.3 is 20.7 Å². The fourth-order valence-corrected chi connectivity index (χ4v) is 1.22. The summed E-state index contributed by atoms with van der Waals surface area (Å²) in [5.74, 6) is -1.85. The maximum Gasteiger partial charge on any atom is 0.285 e. The van der Waals surface area contributed by atoms with Gasteiger partial charge in [-0.3, -0.25) is 4.79 Å². The zero-order valence-corrected chi connectivity index (χ0v) is 12.3. The summed E-state index contributed by atoms with van der Waals surface area (Å²) in [6.07, 6.45) is 1.47. The number of hydrogen-bond acceptors (Lipinski definition) is 4. The van der Waals surface area contributed by atoms with Gasteiger partial charge >= 0.3 is 0 Å². The van der Waals surface area contributed by atoms with E-state index in [0.29, 0.717) is 0 Å². The van der Waals surface area contributed by atoms with Crippen LogP contribution in [0.25, 0.3) is 0 Å². The molecule has 1 unspecified atom stereocenters. The summed E-state index contributed by atoms with van der Waals surface area (Å²) >= 11 is 0. The van der Waals surface area contributed by atoms with E-state index < -0.39 is 11.9 Å². The van der Waals surface area contributed by atoms with Crippen molar-refractivity contribution < 1.29 is 60.4 Å². The first-order chi connectivity index (χ1) is 6.15. The molecule has 0 aromatic rings.